The largest absolute Gasteiger partial charge is 0.444 e. The third kappa shape index (κ3) is 10.7. The Bertz CT molecular complexity index is 701. The summed E-state index contributed by atoms with van der Waals surface area (Å²) in [6, 6.07) is -0.0594. The van der Waals surface area contributed by atoms with Crippen LogP contribution in [0.25, 0.3) is 0 Å². The van der Waals surface area contributed by atoms with E-state index in [-0.39, 0.29) is 29.2 Å². The molecular weight excluding hydrogens is 398 g/mol. The van der Waals surface area contributed by atoms with Crippen molar-refractivity contribution in [2.24, 2.45) is 10.8 Å². The number of nitriles is 1. The third-order valence-corrected chi connectivity index (χ3v) is 6.15. The van der Waals surface area contributed by atoms with Crippen LogP contribution < -0.4 is 5.32 Å². The van der Waals surface area contributed by atoms with Crippen molar-refractivity contribution in [3.8, 4) is 6.26 Å². The zero-order chi connectivity index (χ0) is 22.3. The van der Waals surface area contributed by atoms with Gasteiger partial charge in [-0.05, 0) is 24.7 Å². The minimum atomic E-state index is -3.95. The van der Waals surface area contributed by atoms with Crippen LogP contribution >= 0.6 is 0 Å². The van der Waals surface area contributed by atoms with Crippen LogP contribution in [0.5, 0.6) is 0 Å². The number of likely N-dealkylation sites (N-methyl/N-ethyl adjacent to an activating group) is 1. The quantitative estimate of drug-likeness (QED) is 0.306. The molecule has 1 fully saturated rings. The van der Waals surface area contributed by atoms with Crippen molar-refractivity contribution in [3.05, 3.63) is 0 Å². The molecule has 29 heavy (non-hydrogen) atoms. The van der Waals surface area contributed by atoms with E-state index in [1.165, 1.54) is 0 Å². The Balaban J connectivity index is 2.46. The first-order valence-corrected chi connectivity index (χ1v) is 11.5. The molecule has 0 radical (unpaired) electrons. The second-order valence-corrected chi connectivity index (χ2v) is 11.5. The number of nitrogens with one attached hydrogen (secondary N) is 1. The van der Waals surface area contributed by atoms with E-state index in [1.807, 2.05) is 14.1 Å². The molecule has 2 atom stereocenters. The van der Waals surface area contributed by atoms with Gasteiger partial charge in [-0.3, -0.25) is 4.55 Å². The Hall–Kier alpha value is -1.57. The molecule has 9 nitrogen and oxygen atoms in total. The maximum absolute atomic E-state index is 12.2. The van der Waals surface area contributed by atoms with Crippen molar-refractivity contribution in [2.75, 3.05) is 46.2 Å². The summed E-state index contributed by atoms with van der Waals surface area (Å²) in [5.74, 6) is -0.276. The molecule has 1 aliphatic carbocycles. The molecule has 10 heteroatoms. The van der Waals surface area contributed by atoms with Gasteiger partial charge in [0.1, 0.15) is 19.8 Å². The highest BCUT2D eigenvalue weighted by atomic mass is 32.2. The van der Waals surface area contributed by atoms with Crippen LogP contribution in [-0.4, -0.2) is 75.7 Å². The summed E-state index contributed by atoms with van der Waals surface area (Å²) < 4.78 is 41.2. The SMILES string of the molecule is CC1(C)CC(NC(=O)OCC[N+](C)(C)CCCS(=O)(=O)O)CC(C)(COC#N)C1. The predicted octanol–water partition coefficient (Wildman–Crippen LogP) is 2.15. The molecule has 0 aromatic heterocycles. The van der Waals surface area contributed by atoms with Crippen molar-refractivity contribution in [1.29, 1.82) is 5.26 Å². The van der Waals surface area contributed by atoms with Crippen molar-refractivity contribution in [1.82, 2.24) is 5.32 Å². The number of quaternary nitrogens is 1. The predicted molar refractivity (Wildman–Crippen MR) is 108 cm³/mol. The second kappa shape index (κ2) is 9.96. The van der Waals surface area contributed by atoms with Crippen molar-refractivity contribution >= 4 is 16.2 Å². The molecule has 1 amide bonds. The van der Waals surface area contributed by atoms with E-state index >= 15 is 0 Å². The molecule has 1 saturated carbocycles. The van der Waals surface area contributed by atoms with E-state index in [9.17, 15) is 13.2 Å². The minimum absolute atomic E-state index is 0.00961. The van der Waals surface area contributed by atoms with Crippen molar-refractivity contribution < 1.29 is 31.7 Å². The van der Waals surface area contributed by atoms with Crippen LogP contribution in [0.1, 0.15) is 46.5 Å². The molecule has 0 aliphatic heterocycles. The number of ether oxygens (including phenoxy) is 2. The summed E-state index contributed by atoms with van der Waals surface area (Å²) in [6.45, 7) is 7.96. The number of alkyl carbamates (subject to hydrolysis) is 1. The van der Waals surface area contributed by atoms with Crippen LogP contribution in [0.15, 0.2) is 0 Å². The summed E-state index contributed by atoms with van der Waals surface area (Å²) in [4.78, 5) is 12.2. The molecule has 2 N–H and O–H groups in total. The molecule has 1 aliphatic rings. The van der Waals surface area contributed by atoms with Crippen molar-refractivity contribution in [3.63, 3.8) is 0 Å². The van der Waals surface area contributed by atoms with E-state index in [0.717, 1.165) is 12.8 Å². The average Bonchev–Trinajstić information content (AvgIpc) is 2.49. The Kier molecular flexibility index (Phi) is 8.74. The fourth-order valence-corrected chi connectivity index (χ4v) is 4.93. The lowest BCUT2D eigenvalue weighted by Gasteiger charge is -2.45. The highest BCUT2D eigenvalue weighted by Gasteiger charge is 2.42. The lowest BCUT2D eigenvalue weighted by atomic mass is 9.63. The van der Waals surface area contributed by atoms with E-state index in [4.69, 9.17) is 19.3 Å². The molecule has 0 spiro atoms. The fraction of sp³-hybridized carbons (Fsp3) is 0.895. The summed E-state index contributed by atoms with van der Waals surface area (Å²) in [5.41, 5.74) is -0.183. The van der Waals surface area contributed by atoms with Gasteiger partial charge in [-0.25, -0.2) is 4.79 Å². The molecule has 168 valence electrons. The van der Waals surface area contributed by atoms with Crippen LogP contribution in [0.4, 0.5) is 4.79 Å². The highest BCUT2D eigenvalue weighted by Crippen LogP contribution is 2.46. The number of rotatable bonds is 10. The molecule has 0 aromatic carbocycles. The van der Waals surface area contributed by atoms with Gasteiger partial charge in [0.15, 0.2) is 0 Å². The molecule has 2 unspecified atom stereocenters. The number of hydrogen-bond acceptors (Lipinski definition) is 6. The molecule has 0 bridgehead atoms. The summed E-state index contributed by atoms with van der Waals surface area (Å²) in [7, 11) is -0.130. The summed E-state index contributed by atoms with van der Waals surface area (Å²) in [6.07, 6.45) is 4.02. The molecule has 0 saturated heterocycles. The normalized spacial score (nSPS) is 24.4. The van der Waals surface area contributed by atoms with Gasteiger partial charge < -0.3 is 19.3 Å². The second-order valence-electron chi connectivity index (χ2n) is 9.94. The lowest BCUT2D eigenvalue weighted by molar-refractivity contribution is -0.890. The zero-order valence-corrected chi connectivity index (χ0v) is 19.0. The van der Waals surface area contributed by atoms with E-state index in [0.29, 0.717) is 37.0 Å². The molecular formula is C19H36N3O6S+. The Morgan fingerprint density at radius 1 is 1.28 bits per heavy atom. The van der Waals surface area contributed by atoms with Gasteiger partial charge >= 0.3 is 6.09 Å². The Morgan fingerprint density at radius 3 is 2.52 bits per heavy atom. The zero-order valence-electron chi connectivity index (χ0n) is 18.2. The first-order valence-electron chi connectivity index (χ1n) is 9.87. The number of carbonyl (C=O) groups excluding carboxylic acids is 1. The van der Waals surface area contributed by atoms with E-state index < -0.39 is 16.2 Å². The van der Waals surface area contributed by atoms with Gasteiger partial charge in [0.05, 0.1) is 26.4 Å². The smallest absolute Gasteiger partial charge is 0.407 e. The van der Waals surface area contributed by atoms with Crippen molar-refractivity contribution in [2.45, 2.75) is 52.5 Å². The average molecular weight is 435 g/mol. The standard InChI is InChI=1S/C19H35N3O6S/c1-18(2)11-16(12-19(3,13-18)14-27-15-20)21-17(23)28-9-8-22(4,5)7-6-10-29(24,25)26/h16H,6-14H2,1-5H3,(H-,21,23,24,25,26)/p+1. The molecule has 0 heterocycles. The van der Waals surface area contributed by atoms with Crippen LogP contribution in [0, 0.1) is 22.3 Å². The molecule has 0 aromatic rings. The number of amides is 1. The summed E-state index contributed by atoms with van der Waals surface area (Å²) >= 11 is 0. The van der Waals surface area contributed by atoms with E-state index in [2.05, 4.69) is 26.1 Å². The van der Waals surface area contributed by atoms with Gasteiger partial charge in [-0.2, -0.15) is 13.7 Å². The van der Waals surface area contributed by atoms with E-state index in [1.54, 1.807) is 6.26 Å². The number of hydrogen-bond donors (Lipinski definition) is 2. The first-order chi connectivity index (χ1) is 13.2. The van der Waals surface area contributed by atoms with Gasteiger partial charge in [0.25, 0.3) is 16.4 Å². The minimum Gasteiger partial charge on any atom is -0.444 e. The maximum atomic E-state index is 12.2. The first kappa shape index (κ1) is 25.5. The van der Waals surface area contributed by atoms with Gasteiger partial charge in [-0.1, -0.05) is 20.8 Å². The monoisotopic (exact) mass is 434 g/mol. The topological polar surface area (TPSA) is 126 Å². The van der Waals surface area contributed by atoms with Gasteiger partial charge in [0.2, 0.25) is 0 Å². The van der Waals surface area contributed by atoms with Crippen LogP contribution in [-0.2, 0) is 19.6 Å². The van der Waals surface area contributed by atoms with Gasteiger partial charge in [-0.15, -0.1) is 0 Å². The maximum Gasteiger partial charge on any atom is 0.407 e. The molecule has 1 rings (SSSR count). The highest BCUT2D eigenvalue weighted by molar-refractivity contribution is 7.85. The summed E-state index contributed by atoms with van der Waals surface area (Å²) in [5, 5.41) is 11.6. The Morgan fingerprint density at radius 2 is 1.93 bits per heavy atom. The lowest BCUT2D eigenvalue weighted by Crippen LogP contribution is -2.49. The van der Waals surface area contributed by atoms with Crippen LogP contribution in [0.2, 0.25) is 0 Å². The van der Waals surface area contributed by atoms with Gasteiger partial charge in [0, 0.05) is 17.9 Å². The number of nitrogens with zero attached hydrogens (tertiary/aromatic N) is 2. The van der Waals surface area contributed by atoms with Crippen LogP contribution in [0.3, 0.4) is 0 Å². The Labute approximate surface area is 174 Å². The number of carbonyl (C=O) groups is 1. The third-order valence-electron chi connectivity index (χ3n) is 5.35. The fourth-order valence-electron chi connectivity index (χ4n) is 4.43.